The van der Waals surface area contributed by atoms with Gasteiger partial charge in [0.1, 0.15) is 5.82 Å². The first-order chi connectivity index (χ1) is 9.63. The van der Waals surface area contributed by atoms with Crippen LogP contribution in [-0.4, -0.2) is 30.6 Å². The predicted molar refractivity (Wildman–Crippen MR) is 83.1 cm³/mol. The molecule has 4 heteroatoms. The van der Waals surface area contributed by atoms with E-state index in [9.17, 15) is 4.39 Å². The molecule has 2 atom stereocenters. The molecule has 0 aliphatic carbocycles. The Balaban J connectivity index is 1.47. The van der Waals surface area contributed by atoms with Crippen LogP contribution in [0.3, 0.4) is 0 Å². The average molecular weight is 341 g/mol. The maximum Gasteiger partial charge on any atom is 0.137 e. The number of nitrogens with one attached hydrogen (secondary N) is 1. The van der Waals surface area contributed by atoms with Gasteiger partial charge in [0.2, 0.25) is 0 Å². The maximum atomic E-state index is 13.2. The highest BCUT2D eigenvalue weighted by atomic mass is 79.9. The van der Waals surface area contributed by atoms with E-state index in [-0.39, 0.29) is 5.82 Å². The van der Waals surface area contributed by atoms with Crippen molar-refractivity contribution in [2.75, 3.05) is 13.6 Å². The summed E-state index contributed by atoms with van der Waals surface area (Å²) in [6.45, 7) is 1.90. The summed E-state index contributed by atoms with van der Waals surface area (Å²) in [7, 11) is 2.28. The molecule has 2 heterocycles. The van der Waals surface area contributed by atoms with Crippen LogP contribution in [-0.2, 0) is 6.54 Å². The molecule has 1 aromatic rings. The van der Waals surface area contributed by atoms with Gasteiger partial charge in [-0.1, -0.05) is 6.07 Å². The average Bonchev–Trinajstić information content (AvgIpc) is 2.65. The molecule has 20 heavy (non-hydrogen) atoms. The summed E-state index contributed by atoms with van der Waals surface area (Å²) in [5, 5.41) is 3.54. The smallest absolute Gasteiger partial charge is 0.137 e. The first kappa shape index (κ1) is 14.5. The second kappa shape index (κ2) is 6.12. The molecule has 2 aliphatic rings. The SMILES string of the molecule is CN1C2CCC1CC(CNCc1ccc(F)c(Br)c1)C2. The van der Waals surface area contributed by atoms with Crippen LogP contribution >= 0.6 is 15.9 Å². The lowest BCUT2D eigenvalue weighted by atomic mass is 9.91. The van der Waals surface area contributed by atoms with E-state index in [1.165, 1.54) is 31.7 Å². The second-order valence-electron chi connectivity index (χ2n) is 6.27. The van der Waals surface area contributed by atoms with Gasteiger partial charge >= 0.3 is 0 Å². The number of piperidine rings is 1. The van der Waals surface area contributed by atoms with Crippen LogP contribution in [0.1, 0.15) is 31.2 Å². The van der Waals surface area contributed by atoms with Gasteiger partial charge < -0.3 is 10.2 Å². The molecule has 2 bridgehead atoms. The topological polar surface area (TPSA) is 15.3 Å². The van der Waals surface area contributed by atoms with E-state index in [0.29, 0.717) is 4.47 Å². The van der Waals surface area contributed by atoms with Gasteiger partial charge in [-0.05, 0) is 78.8 Å². The lowest BCUT2D eigenvalue weighted by Crippen LogP contribution is -2.42. The Kier molecular flexibility index (Phi) is 4.43. The van der Waals surface area contributed by atoms with Crippen LogP contribution in [0, 0.1) is 11.7 Å². The summed E-state index contributed by atoms with van der Waals surface area (Å²) in [6, 6.07) is 6.85. The number of benzene rings is 1. The van der Waals surface area contributed by atoms with Crippen molar-refractivity contribution in [3.63, 3.8) is 0 Å². The number of halogens is 2. The van der Waals surface area contributed by atoms with Crippen molar-refractivity contribution in [2.45, 2.75) is 44.3 Å². The van der Waals surface area contributed by atoms with Crippen LogP contribution in [0.15, 0.2) is 22.7 Å². The van der Waals surface area contributed by atoms with Crippen molar-refractivity contribution in [3.05, 3.63) is 34.1 Å². The van der Waals surface area contributed by atoms with Crippen molar-refractivity contribution in [1.82, 2.24) is 10.2 Å². The molecule has 0 spiro atoms. The summed E-state index contributed by atoms with van der Waals surface area (Å²) in [6.07, 6.45) is 5.41. The molecule has 0 aromatic heterocycles. The molecule has 1 N–H and O–H groups in total. The number of fused-ring (bicyclic) bond motifs is 2. The third-order valence-electron chi connectivity index (χ3n) is 4.94. The third-order valence-corrected chi connectivity index (χ3v) is 5.55. The highest BCUT2D eigenvalue weighted by Gasteiger charge is 2.37. The van der Waals surface area contributed by atoms with E-state index >= 15 is 0 Å². The van der Waals surface area contributed by atoms with Crippen molar-refractivity contribution in [1.29, 1.82) is 0 Å². The Morgan fingerprint density at radius 2 is 2.00 bits per heavy atom. The van der Waals surface area contributed by atoms with Gasteiger partial charge in [-0.15, -0.1) is 0 Å². The number of hydrogen-bond acceptors (Lipinski definition) is 2. The molecule has 2 unspecified atom stereocenters. The lowest BCUT2D eigenvalue weighted by molar-refractivity contribution is 0.133. The lowest BCUT2D eigenvalue weighted by Gasteiger charge is -2.36. The maximum absolute atomic E-state index is 13.2. The standard InChI is InChI=1S/C16H22BrFN2/c1-20-13-3-4-14(20)7-12(6-13)10-19-9-11-2-5-16(18)15(17)8-11/h2,5,8,12-14,19H,3-4,6-7,9-10H2,1H3. The highest BCUT2D eigenvalue weighted by molar-refractivity contribution is 9.10. The fraction of sp³-hybridized carbons (Fsp3) is 0.625. The number of rotatable bonds is 4. The summed E-state index contributed by atoms with van der Waals surface area (Å²) in [4.78, 5) is 2.58. The zero-order valence-corrected chi connectivity index (χ0v) is 13.5. The largest absolute Gasteiger partial charge is 0.312 e. The van der Waals surface area contributed by atoms with Crippen LogP contribution in [0.2, 0.25) is 0 Å². The van der Waals surface area contributed by atoms with E-state index in [0.717, 1.165) is 36.7 Å². The zero-order chi connectivity index (χ0) is 14.1. The minimum atomic E-state index is -0.194. The molecule has 3 rings (SSSR count). The molecule has 0 saturated carbocycles. The van der Waals surface area contributed by atoms with Gasteiger partial charge in [0.05, 0.1) is 4.47 Å². The Bertz CT molecular complexity index is 466. The highest BCUT2D eigenvalue weighted by Crippen LogP contribution is 2.37. The quantitative estimate of drug-likeness (QED) is 0.901. The van der Waals surface area contributed by atoms with E-state index in [1.54, 1.807) is 0 Å². The van der Waals surface area contributed by atoms with Crippen molar-refractivity contribution in [3.8, 4) is 0 Å². The van der Waals surface area contributed by atoms with Gasteiger partial charge in [-0.25, -0.2) is 4.39 Å². The summed E-state index contributed by atoms with van der Waals surface area (Å²) >= 11 is 3.24. The molecule has 0 radical (unpaired) electrons. The Morgan fingerprint density at radius 1 is 1.30 bits per heavy atom. The number of hydrogen-bond donors (Lipinski definition) is 1. The fourth-order valence-corrected chi connectivity index (χ4v) is 4.19. The van der Waals surface area contributed by atoms with Gasteiger partial charge in [0, 0.05) is 18.6 Å². The molecule has 110 valence electrons. The Labute approximate surface area is 128 Å². The van der Waals surface area contributed by atoms with Crippen molar-refractivity contribution < 1.29 is 4.39 Å². The summed E-state index contributed by atoms with van der Waals surface area (Å²) in [5.41, 5.74) is 1.13. The van der Waals surface area contributed by atoms with Crippen LogP contribution in [0.5, 0.6) is 0 Å². The second-order valence-corrected chi connectivity index (χ2v) is 7.12. The Hall–Kier alpha value is -0.450. The minimum absolute atomic E-state index is 0.194. The van der Waals surface area contributed by atoms with Crippen LogP contribution in [0.25, 0.3) is 0 Å². The van der Waals surface area contributed by atoms with Gasteiger partial charge in [-0.2, -0.15) is 0 Å². The van der Waals surface area contributed by atoms with Crippen molar-refractivity contribution in [2.24, 2.45) is 5.92 Å². The minimum Gasteiger partial charge on any atom is -0.312 e. The molecule has 2 aliphatic heterocycles. The normalized spacial score (nSPS) is 29.9. The van der Waals surface area contributed by atoms with E-state index in [4.69, 9.17) is 0 Å². The molecule has 2 saturated heterocycles. The van der Waals surface area contributed by atoms with Crippen LogP contribution in [0.4, 0.5) is 4.39 Å². The predicted octanol–water partition coefficient (Wildman–Crippen LogP) is 3.55. The Morgan fingerprint density at radius 3 is 2.65 bits per heavy atom. The van der Waals surface area contributed by atoms with Gasteiger partial charge in [0.25, 0.3) is 0 Å². The van der Waals surface area contributed by atoms with E-state index in [1.807, 2.05) is 12.1 Å². The fourth-order valence-electron chi connectivity index (χ4n) is 3.76. The monoisotopic (exact) mass is 340 g/mol. The molecule has 2 fully saturated rings. The summed E-state index contributed by atoms with van der Waals surface area (Å²) < 4.78 is 13.7. The third kappa shape index (κ3) is 3.07. The van der Waals surface area contributed by atoms with E-state index < -0.39 is 0 Å². The number of nitrogens with zero attached hydrogens (tertiary/aromatic N) is 1. The molecular weight excluding hydrogens is 319 g/mol. The molecule has 0 amide bonds. The first-order valence-electron chi connectivity index (χ1n) is 7.50. The van der Waals surface area contributed by atoms with Gasteiger partial charge in [-0.3, -0.25) is 0 Å². The molecule has 2 nitrogen and oxygen atoms in total. The van der Waals surface area contributed by atoms with Crippen LogP contribution < -0.4 is 5.32 Å². The summed E-state index contributed by atoms with van der Waals surface area (Å²) in [5.74, 6) is 0.605. The first-order valence-corrected chi connectivity index (χ1v) is 8.29. The van der Waals surface area contributed by atoms with E-state index in [2.05, 4.69) is 33.2 Å². The zero-order valence-electron chi connectivity index (χ0n) is 11.9. The molecule has 1 aromatic carbocycles. The van der Waals surface area contributed by atoms with Crippen molar-refractivity contribution >= 4 is 15.9 Å². The van der Waals surface area contributed by atoms with Gasteiger partial charge in [0.15, 0.2) is 0 Å². The molecular formula is C16H22BrFN2.